The van der Waals surface area contributed by atoms with Crippen molar-refractivity contribution in [2.75, 3.05) is 27.3 Å². The molecular formula is C7H20N2O2Si. The van der Waals surface area contributed by atoms with Crippen LogP contribution in [0.4, 0.5) is 0 Å². The van der Waals surface area contributed by atoms with Crippen molar-refractivity contribution in [2.45, 2.75) is 19.4 Å². The van der Waals surface area contributed by atoms with Crippen molar-refractivity contribution in [3.63, 3.8) is 0 Å². The molecule has 0 fully saturated rings. The minimum Gasteiger partial charge on any atom is -0.400 e. The van der Waals surface area contributed by atoms with Crippen LogP contribution in [0.1, 0.15) is 13.3 Å². The van der Waals surface area contributed by atoms with Gasteiger partial charge in [0, 0.05) is 27.3 Å². The Morgan fingerprint density at radius 3 is 2.33 bits per heavy atom. The Kier molecular flexibility index (Phi) is 9.19. The second kappa shape index (κ2) is 9.15. The highest BCUT2D eigenvalue weighted by atomic mass is 28.3. The average molecular weight is 192 g/mol. The molecule has 0 radical (unpaired) electrons. The van der Waals surface area contributed by atoms with Crippen molar-refractivity contribution in [1.82, 2.24) is 10.9 Å². The molecule has 0 aromatic rings. The third kappa shape index (κ3) is 6.75. The first-order valence-corrected chi connectivity index (χ1v) is 6.12. The normalized spacial score (nSPS) is 11.0. The molecule has 0 saturated heterocycles. The van der Waals surface area contributed by atoms with Crippen LogP contribution in [0.3, 0.4) is 0 Å². The number of hydrogen-bond acceptors (Lipinski definition) is 4. The van der Waals surface area contributed by atoms with Crippen molar-refractivity contribution < 1.29 is 8.85 Å². The second-order valence-electron chi connectivity index (χ2n) is 2.50. The molecule has 5 heteroatoms. The molecule has 4 nitrogen and oxygen atoms in total. The Bertz CT molecular complexity index is 91.5. The minimum atomic E-state index is -1.31. The summed E-state index contributed by atoms with van der Waals surface area (Å²) in [6, 6.07) is 1.06. The molecule has 0 unspecified atom stereocenters. The molecule has 74 valence electrons. The lowest BCUT2D eigenvalue weighted by atomic mass is 10.5. The molecule has 0 aliphatic carbocycles. The molecule has 0 heterocycles. The van der Waals surface area contributed by atoms with E-state index >= 15 is 0 Å². The summed E-state index contributed by atoms with van der Waals surface area (Å²) in [7, 11) is 2.13. The van der Waals surface area contributed by atoms with Gasteiger partial charge in [0.05, 0.1) is 0 Å². The summed E-state index contributed by atoms with van der Waals surface area (Å²) >= 11 is 0. The van der Waals surface area contributed by atoms with Gasteiger partial charge in [-0.1, -0.05) is 6.92 Å². The van der Waals surface area contributed by atoms with Gasteiger partial charge < -0.3 is 8.85 Å². The van der Waals surface area contributed by atoms with Crippen molar-refractivity contribution >= 4 is 9.28 Å². The predicted octanol–water partition coefficient (Wildman–Crippen LogP) is 0.00390. The Morgan fingerprint density at radius 1 is 1.17 bits per heavy atom. The molecule has 12 heavy (non-hydrogen) atoms. The predicted molar refractivity (Wildman–Crippen MR) is 52.3 cm³/mol. The summed E-state index contributed by atoms with van der Waals surface area (Å²) in [6.07, 6.45) is 1.10. The average Bonchev–Trinajstić information content (AvgIpc) is 2.11. The van der Waals surface area contributed by atoms with E-state index in [9.17, 15) is 0 Å². The van der Waals surface area contributed by atoms with Crippen molar-refractivity contribution in [2.24, 2.45) is 0 Å². The maximum Gasteiger partial charge on any atom is 0.320 e. The van der Waals surface area contributed by atoms with Gasteiger partial charge in [-0.2, -0.15) is 0 Å². The van der Waals surface area contributed by atoms with E-state index in [0.29, 0.717) is 0 Å². The summed E-state index contributed by atoms with van der Waals surface area (Å²) in [5.74, 6) is 0. The smallest absolute Gasteiger partial charge is 0.320 e. The van der Waals surface area contributed by atoms with Crippen molar-refractivity contribution in [1.29, 1.82) is 0 Å². The van der Waals surface area contributed by atoms with Gasteiger partial charge in [-0.3, -0.25) is 10.9 Å². The molecular weight excluding hydrogens is 172 g/mol. The van der Waals surface area contributed by atoms with Crippen LogP contribution in [-0.4, -0.2) is 36.6 Å². The largest absolute Gasteiger partial charge is 0.400 e. The zero-order chi connectivity index (χ0) is 9.23. The van der Waals surface area contributed by atoms with E-state index in [1.807, 2.05) is 0 Å². The van der Waals surface area contributed by atoms with Crippen LogP contribution in [0.5, 0.6) is 0 Å². The third-order valence-electron chi connectivity index (χ3n) is 1.57. The van der Waals surface area contributed by atoms with E-state index in [0.717, 1.165) is 25.6 Å². The van der Waals surface area contributed by atoms with Crippen LogP contribution >= 0.6 is 0 Å². The summed E-state index contributed by atoms with van der Waals surface area (Å²) in [5, 5.41) is 0. The fraction of sp³-hybridized carbons (Fsp3) is 1.00. The molecule has 0 rings (SSSR count). The van der Waals surface area contributed by atoms with E-state index in [2.05, 4.69) is 17.8 Å². The van der Waals surface area contributed by atoms with Crippen LogP contribution in [0.2, 0.25) is 6.04 Å². The van der Waals surface area contributed by atoms with Gasteiger partial charge in [-0.15, -0.1) is 0 Å². The second-order valence-corrected chi connectivity index (χ2v) is 4.88. The molecule has 0 aromatic carbocycles. The van der Waals surface area contributed by atoms with E-state index in [1.54, 1.807) is 14.2 Å². The monoisotopic (exact) mass is 192 g/mol. The summed E-state index contributed by atoms with van der Waals surface area (Å²) in [6.45, 7) is 3.99. The number of hydrazine groups is 1. The zero-order valence-electron chi connectivity index (χ0n) is 8.22. The van der Waals surface area contributed by atoms with Gasteiger partial charge in [0.25, 0.3) is 0 Å². The van der Waals surface area contributed by atoms with E-state index < -0.39 is 9.28 Å². The lowest BCUT2D eigenvalue weighted by Crippen LogP contribution is -2.33. The summed E-state index contributed by atoms with van der Waals surface area (Å²) in [4.78, 5) is 0. The van der Waals surface area contributed by atoms with Gasteiger partial charge in [0.15, 0.2) is 0 Å². The quantitative estimate of drug-likeness (QED) is 0.323. The number of hydrogen-bond donors (Lipinski definition) is 2. The van der Waals surface area contributed by atoms with Crippen LogP contribution in [0, 0.1) is 0 Å². The lowest BCUT2D eigenvalue weighted by molar-refractivity contribution is 0.276. The molecule has 0 aromatic heterocycles. The fourth-order valence-corrected chi connectivity index (χ4v) is 2.10. The van der Waals surface area contributed by atoms with E-state index in [4.69, 9.17) is 8.85 Å². The van der Waals surface area contributed by atoms with Gasteiger partial charge in [0.2, 0.25) is 0 Å². The summed E-state index contributed by atoms with van der Waals surface area (Å²) in [5.41, 5.74) is 6.14. The molecule has 0 atom stereocenters. The van der Waals surface area contributed by atoms with Crippen LogP contribution in [-0.2, 0) is 8.85 Å². The molecule has 0 bridgehead atoms. The first-order chi connectivity index (χ1) is 5.85. The first kappa shape index (κ1) is 12.1. The Balaban J connectivity index is 3.06. The van der Waals surface area contributed by atoms with Gasteiger partial charge in [0.1, 0.15) is 0 Å². The molecule has 0 saturated carbocycles. The van der Waals surface area contributed by atoms with E-state index in [-0.39, 0.29) is 0 Å². The minimum absolute atomic E-state index is 0.954. The SMILES string of the molecule is CCNNCCC[SiH](OC)OC. The highest BCUT2D eigenvalue weighted by Crippen LogP contribution is 1.97. The maximum absolute atomic E-state index is 5.17. The zero-order valence-corrected chi connectivity index (χ0v) is 9.38. The highest BCUT2D eigenvalue weighted by molar-refractivity contribution is 6.44. The molecule has 2 N–H and O–H groups in total. The fourth-order valence-electron chi connectivity index (χ4n) is 0.902. The first-order valence-electron chi connectivity index (χ1n) is 4.36. The molecule has 0 spiro atoms. The van der Waals surface area contributed by atoms with Gasteiger partial charge in [-0.05, 0) is 12.5 Å². The van der Waals surface area contributed by atoms with Crippen LogP contribution < -0.4 is 10.9 Å². The van der Waals surface area contributed by atoms with Crippen molar-refractivity contribution in [3.8, 4) is 0 Å². The standard InChI is InChI=1S/C7H20N2O2Si/c1-4-8-9-6-5-7-12(10-2)11-3/h8-9,12H,4-7H2,1-3H3. The number of rotatable bonds is 8. The van der Waals surface area contributed by atoms with E-state index in [1.165, 1.54) is 0 Å². The molecule has 0 aliphatic rings. The maximum atomic E-state index is 5.17. The molecule has 0 amide bonds. The number of nitrogens with one attached hydrogen (secondary N) is 2. The van der Waals surface area contributed by atoms with Gasteiger partial charge in [-0.25, -0.2) is 0 Å². The Labute approximate surface area is 76.5 Å². The highest BCUT2D eigenvalue weighted by Gasteiger charge is 2.07. The summed E-state index contributed by atoms with van der Waals surface area (Å²) < 4.78 is 10.3. The van der Waals surface area contributed by atoms with Crippen molar-refractivity contribution in [3.05, 3.63) is 0 Å². The lowest BCUT2D eigenvalue weighted by Gasteiger charge is -2.10. The van der Waals surface area contributed by atoms with Crippen LogP contribution in [0.25, 0.3) is 0 Å². The van der Waals surface area contributed by atoms with Crippen LogP contribution in [0.15, 0.2) is 0 Å². The Morgan fingerprint density at radius 2 is 1.83 bits per heavy atom. The topological polar surface area (TPSA) is 42.5 Å². The van der Waals surface area contributed by atoms with Gasteiger partial charge >= 0.3 is 9.28 Å². The Hall–Kier alpha value is 0.0569. The molecule has 0 aliphatic heterocycles. The third-order valence-corrected chi connectivity index (χ3v) is 3.50.